The summed E-state index contributed by atoms with van der Waals surface area (Å²) >= 11 is 6.01. The molecule has 0 radical (unpaired) electrons. The summed E-state index contributed by atoms with van der Waals surface area (Å²) in [4.78, 5) is 12.7. The summed E-state index contributed by atoms with van der Waals surface area (Å²) in [5, 5.41) is 14.3. The Kier molecular flexibility index (Phi) is 10.2. The highest BCUT2D eigenvalue weighted by atomic mass is 35.5. The number of sulfone groups is 1. The van der Waals surface area contributed by atoms with Crippen molar-refractivity contribution in [2.75, 3.05) is 13.2 Å². The van der Waals surface area contributed by atoms with Gasteiger partial charge in [-0.05, 0) is 86.0 Å². The molecule has 0 aliphatic heterocycles. The molecule has 0 aliphatic carbocycles. The molecule has 7 nitrogen and oxygen atoms in total. The number of hydrogen-bond donors (Lipinski definition) is 2. The number of benzene rings is 4. The average molecular weight is 594 g/mol. The lowest BCUT2D eigenvalue weighted by Gasteiger charge is -2.18. The second kappa shape index (κ2) is 13.8. The number of carbonyl (C=O) groups excluding carboxylic acids is 1. The number of halogens is 1. The van der Waals surface area contributed by atoms with Gasteiger partial charge in [-0.1, -0.05) is 54.1 Å². The van der Waals surface area contributed by atoms with Gasteiger partial charge in [0.15, 0.2) is 0 Å². The molecule has 0 unspecified atom stereocenters. The quantitative estimate of drug-likeness (QED) is 0.183. The van der Waals surface area contributed by atoms with E-state index >= 15 is 0 Å². The van der Waals surface area contributed by atoms with Gasteiger partial charge >= 0.3 is 5.97 Å². The molecule has 0 fully saturated rings. The van der Waals surface area contributed by atoms with E-state index in [1.54, 1.807) is 49.4 Å². The van der Waals surface area contributed by atoms with Crippen molar-refractivity contribution in [3.8, 4) is 11.5 Å². The third kappa shape index (κ3) is 7.95. The Balaban J connectivity index is 1.47. The molecule has 0 saturated heterocycles. The van der Waals surface area contributed by atoms with E-state index in [4.69, 9.17) is 21.1 Å². The van der Waals surface area contributed by atoms with E-state index in [1.807, 2.05) is 31.2 Å². The lowest BCUT2D eigenvalue weighted by Crippen LogP contribution is -2.32. The number of nitrogens with one attached hydrogen (secondary N) is 1. The number of esters is 1. The summed E-state index contributed by atoms with van der Waals surface area (Å²) in [5.74, 6) is 0.118. The van der Waals surface area contributed by atoms with Gasteiger partial charge in [-0.25, -0.2) is 13.2 Å². The van der Waals surface area contributed by atoms with Crippen LogP contribution in [0.15, 0.2) is 107 Å². The first-order valence-corrected chi connectivity index (χ1v) is 15.1. The third-order valence-electron chi connectivity index (χ3n) is 6.38. The summed E-state index contributed by atoms with van der Waals surface area (Å²) in [6, 6.07) is 26.9. The van der Waals surface area contributed by atoms with Gasteiger partial charge in [0.25, 0.3) is 0 Å². The van der Waals surface area contributed by atoms with Gasteiger partial charge < -0.3 is 19.9 Å². The first kappa shape index (κ1) is 30.3. The molecule has 4 aromatic carbocycles. The van der Waals surface area contributed by atoms with Gasteiger partial charge in [0, 0.05) is 17.6 Å². The molecule has 4 aromatic rings. The third-order valence-corrected chi connectivity index (χ3v) is 8.45. The van der Waals surface area contributed by atoms with Gasteiger partial charge in [-0.2, -0.15) is 0 Å². The average Bonchev–Trinajstić information content (AvgIpc) is 2.97. The zero-order valence-corrected chi connectivity index (χ0v) is 24.4. The zero-order valence-electron chi connectivity index (χ0n) is 22.8. The van der Waals surface area contributed by atoms with Crippen LogP contribution in [-0.2, 0) is 21.0 Å². The molecule has 0 saturated carbocycles. The monoisotopic (exact) mass is 593 g/mol. The molecule has 0 amide bonds. The molecule has 0 heterocycles. The Bertz CT molecular complexity index is 1580. The Morgan fingerprint density at radius 2 is 1.66 bits per heavy atom. The molecule has 0 spiro atoms. The second-order valence-electron chi connectivity index (χ2n) is 9.53. The minimum Gasteiger partial charge on any atom is -0.462 e. The SMILES string of the molecule is CCOC(=O)c1cc(Oc2ccccc2)ccc1S(=O)(=O)c1ccc(C[C@@H](C)NC[C@H](O)c2cccc(Cl)c2)cc1. The van der Waals surface area contributed by atoms with Crippen molar-refractivity contribution in [3.05, 3.63) is 119 Å². The highest BCUT2D eigenvalue weighted by molar-refractivity contribution is 7.91. The van der Waals surface area contributed by atoms with Crippen molar-refractivity contribution in [1.82, 2.24) is 5.32 Å². The minimum absolute atomic E-state index is 0.0128. The predicted molar refractivity (Wildman–Crippen MR) is 158 cm³/mol. The lowest BCUT2D eigenvalue weighted by molar-refractivity contribution is 0.0521. The highest BCUT2D eigenvalue weighted by Crippen LogP contribution is 2.30. The Hall–Kier alpha value is -3.69. The Morgan fingerprint density at radius 1 is 0.927 bits per heavy atom. The number of carbonyl (C=O) groups is 1. The molecule has 2 atom stereocenters. The van der Waals surface area contributed by atoms with Crippen LogP contribution < -0.4 is 10.1 Å². The van der Waals surface area contributed by atoms with Crippen molar-refractivity contribution >= 4 is 27.4 Å². The largest absolute Gasteiger partial charge is 0.462 e. The van der Waals surface area contributed by atoms with Gasteiger partial charge in [0.05, 0.1) is 28.1 Å². The molecular weight excluding hydrogens is 562 g/mol. The van der Waals surface area contributed by atoms with E-state index in [0.717, 1.165) is 11.1 Å². The summed E-state index contributed by atoms with van der Waals surface area (Å²) < 4.78 is 38.2. The normalized spacial score (nSPS) is 12.9. The van der Waals surface area contributed by atoms with E-state index in [1.165, 1.54) is 30.3 Å². The topological polar surface area (TPSA) is 102 Å². The fourth-order valence-corrected chi connectivity index (χ4v) is 5.93. The van der Waals surface area contributed by atoms with Gasteiger partial charge in [-0.15, -0.1) is 0 Å². The van der Waals surface area contributed by atoms with E-state index in [-0.39, 0.29) is 28.0 Å². The summed E-state index contributed by atoms with van der Waals surface area (Å²) in [6.07, 6.45) is -0.0934. The molecule has 214 valence electrons. The number of ether oxygens (including phenoxy) is 2. The second-order valence-corrected chi connectivity index (χ2v) is 11.9. The maximum absolute atomic E-state index is 13.6. The number of rotatable bonds is 12. The standard InChI is InChI=1S/C32H32ClNO6S/c1-3-39-32(36)29-20-27(40-26-10-5-4-6-11-26)14-17-31(29)41(37,38)28-15-12-23(13-16-28)18-22(2)34-21-30(35)24-8-7-9-25(33)19-24/h4-17,19-20,22,30,34-35H,3,18,21H2,1-2H3/t22-,30+/m1/s1. The van der Waals surface area contributed by atoms with E-state index in [0.29, 0.717) is 29.5 Å². The van der Waals surface area contributed by atoms with Crippen molar-refractivity contribution in [3.63, 3.8) is 0 Å². The van der Waals surface area contributed by atoms with E-state index < -0.39 is 21.9 Å². The van der Waals surface area contributed by atoms with Gasteiger partial charge in [0.1, 0.15) is 11.5 Å². The molecule has 0 bridgehead atoms. The predicted octanol–water partition coefficient (Wildman–Crippen LogP) is 6.40. The lowest BCUT2D eigenvalue weighted by atomic mass is 10.1. The van der Waals surface area contributed by atoms with Crippen LogP contribution in [0.2, 0.25) is 5.02 Å². The number of aliphatic hydroxyl groups excluding tert-OH is 1. The zero-order chi connectivity index (χ0) is 29.4. The summed E-state index contributed by atoms with van der Waals surface area (Å²) in [6.45, 7) is 4.08. The van der Waals surface area contributed by atoms with Crippen molar-refractivity contribution in [2.24, 2.45) is 0 Å². The fourth-order valence-electron chi connectivity index (χ4n) is 4.30. The van der Waals surface area contributed by atoms with Crippen LogP contribution >= 0.6 is 11.6 Å². The van der Waals surface area contributed by atoms with Gasteiger partial charge in [-0.3, -0.25) is 0 Å². The molecule has 0 aliphatic rings. The first-order chi connectivity index (χ1) is 19.7. The smallest absolute Gasteiger partial charge is 0.339 e. The van der Waals surface area contributed by atoms with Crippen molar-refractivity contribution < 1.29 is 27.8 Å². The summed E-state index contributed by atoms with van der Waals surface area (Å²) in [7, 11) is -4.04. The fraction of sp³-hybridized carbons (Fsp3) is 0.219. The molecule has 2 N–H and O–H groups in total. The number of hydrogen-bond acceptors (Lipinski definition) is 7. The summed E-state index contributed by atoms with van der Waals surface area (Å²) in [5.41, 5.74) is 1.55. The first-order valence-electron chi connectivity index (χ1n) is 13.2. The van der Waals surface area contributed by atoms with Crippen LogP contribution in [0.1, 0.15) is 41.4 Å². The molecule has 4 rings (SSSR count). The molecule has 41 heavy (non-hydrogen) atoms. The molecule has 0 aromatic heterocycles. The highest BCUT2D eigenvalue weighted by Gasteiger charge is 2.26. The number of aliphatic hydroxyl groups is 1. The van der Waals surface area contributed by atoms with E-state index in [2.05, 4.69) is 5.32 Å². The van der Waals surface area contributed by atoms with E-state index in [9.17, 15) is 18.3 Å². The number of para-hydroxylation sites is 1. The Labute approximate surface area is 245 Å². The Morgan fingerprint density at radius 3 is 2.34 bits per heavy atom. The van der Waals surface area contributed by atoms with Crippen LogP contribution in [0.5, 0.6) is 11.5 Å². The van der Waals surface area contributed by atoms with Gasteiger partial charge in [0.2, 0.25) is 9.84 Å². The van der Waals surface area contributed by atoms with Crippen LogP contribution in [0.25, 0.3) is 0 Å². The molecule has 9 heteroatoms. The van der Waals surface area contributed by atoms with Crippen LogP contribution in [0.3, 0.4) is 0 Å². The minimum atomic E-state index is -4.04. The van der Waals surface area contributed by atoms with Crippen LogP contribution in [0, 0.1) is 0 Å². The molecular formula is C32H32ClNO6S. The van der Waals surface area contributed by atoms with Crippen LogP contribution in [0.4, 0.5) is 0 Å². The maximum atomic E-state index is 13.6. The van der Waals surface area contributed by atoms with Crippen molar-refractivity contribution in [2.45, 2.75) is 42.2 Å². The van der Waals surface area contributed by atoms with Crippen LogP contribution in [-0.4, -0.2) is 38.7 Å². The van der Waals surface area contributed by atoms with Crippen molar-refractivity contribution in [1.29, 1.82) is 0 Å². The maximum Gasteiger partial charge on any atom is 0.339 e.